The Labute approximate surface area is 140 Å². The first kappa shape index (κ1) is 16.3. The van der Waals surface area contributed by atoms with Gasteiger partial charge in [-0.25, -0.2) is 14.2 Å². The van der Waals surface area contributed by atoms with Crippen molar-refractivity contribution in [2.75, 3.05) is 25.0 Å². The lowest BCUT2D eigenvalue weighted by Gasteiger charge is -2.31. The minimum atomic E-state index is -0.393. The van der Waals surface area contributed by atoms with Gasteiger partial charge in [-0.15, -0.1) is 0 Å². The summed E-state index contributed by atoms with van der Waals surface area (Å²) in [5, 5.41) is 2.81. The molecule has 0 atom stereocenters. The number of urea groups is 1. The number of hydrogen-bond acceptors (Lipinski definition) is 3. The van der Waals surface area contributed by atoms with Crippen molar-refractivity contribution in [3.63, 3.8) is 0 Å². The molecule has 1 aromatic carbocycles. The van der Waals surface area contributed by atoms with Crippen LogP contribution in [-0.2, 0) is 0 Å². The van der Waals surface area contributed by atoms with E-state index in [0.29, 0.717) is 37.1 Å². The predicted octanol–water partition coefficient (Wildman–Crippen LogP) is 3.36. The van der Waals surface area contributed by atoms with Crippen molar-refractivity contribution in [1.29, 1.82) is 0 Å². The largest absolute Gasteiger partial charge is 0.492 e. The highest BCUT2D eigenvalue weighted by Gasteiger charge is 2.25. The van der Waals surface area contributed by atoms with Gasteiger partial charge in [0.25, 0.3) is 0 Å². The van der Waals surface area contributed by atoms with Gasteiger partial charge in [0.2, 0.25) is 0 Å². The zero-order chi connectivity index (χ0) is 16.9. The molecule has 2 heterocycles. The molecule has 128 valence electrons. The topological polar surface area (TPSA) is 70.2 Å². The van der Waals surface area contributed by atoms with Crippen molar-refractivity contribution in [2.45, 2.75) is 25.7 Å². The molecule has 24 heavy (non-hydrogen) atoms. The first-order chi connectivity index (χ1) is 11.7. The van der Waals surface area contributed by atoms with Crippen LogP contribution in [0.3, 0.4) is 0 Å². The Kier molecular flexibility index (Phi) is 4.98. The molecule has 0 spiro atoms. The highest BCUT2D eigenvalue weighted by Crippen LogP contribution is 2.28. The number of aromatic nitrogens is 2. The third kappa shape index (κ3) is 3.67. The molecule has 2 N–H and O–H groups in total. The number of nitrogens with zero attached hydrogens (tertiary/aromatic N) is 2. The van der Waals surface area contributed by atoms with Crippen LogP contribution in [0.15, 0.2) is 30.6 Å². The normalized spacial score (nSPS) is 15.3. The van der Waals surface area contributed by atoms with E-state index in [-0.39, 0.29) is 6.03 Å². The molecule has 1 aromatic heterocycles. The molecule has 0 unspecified atom stereocenters. The van der Waals surface area contributed by atoms with Crippen LogP contribution in [0.4, 0.5) is 14.9 Å². The number of aromatic amines is 1. The van der Waals surface area contributed by atoms with E-state index in [1.165, 1.54) is 18.2 Å². The van der Waals surface area contributed by atoms with Crippen LogP contribution in [0.25, 0.3) is 0 Å². The van der Waals surface area contributed by atoms with Gasteiger partial charge in [0.05, 0.1) is 12.3 Å². The number of carbonyl (C=O) groups excluding carboxylic acids is 1. The number of imidazole rings is 1. The molecule has 0 saturated carbocycles. The first-order valence-corrected chi connectivity index (χ1v) is 8.15. The predicted molar refractivity (Wildman–Crippen MR) is 88.7 cm³/mol. The number of ether oxygens (including phenoxy) is 1. The van der Waals surface area contributed by atoms with Crippen molar-refractivity contribution in [3.8, 4) is 5.75 Å². The fourth-order valence-electron chi connectivity index (χ4n) is 2.93. The van der Waals surface area contributed by atoms with Crippen LogP contribution in [0.1, 0.15) is 31.5 Å². The molecule has 2 amide bonds. The number of piperidine rings is 1. The Morgan fingerprint density at radius 2 is 2.25 bits per heavy atom. The second-order valence-electron chi connectivity index (χ2n) is 5.74. The van der Waals surface area contributed by atoms with Gasteiger partial charge in [0.1, 0.15) is 17.4 Å². The lowest BCUT2D eigenvalue weighted by Crippen LogP contribution is -2.40. The highest BCUT2D eigenvalue weighted by atomic mass is 19.1. The Balaban J connectivity index is 1.60. The minimum Gasteiger partial charge on any atom is -0.492 e. The molecule has 0 radical (unpaired) electrons. The summed E-state index contributed by atoms with van der Waals surface area (Å²) in [6.07, 6.45) is 5.29. The fourth-order valence-corrected chi connectivity index (χ4v) is 2.93. The molecule has 6 nitrogen and oxygen atoms in total. The summed E-state index contributed by atoms with van der Waals surface area (Å²) >= 11 is 0. The first-order valence-electron chi connectivity index (χ1n) is 8.15. The second kappa shape index (κ2) is 7.33. The lowest BCUT2D eigenvalue weighted by atomic mass is 9.96. The maximum Gasteiger partial charge on any atom is 0.321 e. The van der Waals surface area contributed by atoms with Crippen molar-refractivity contribution in [3.05, 3.63) is 42.2 Å². The van der Waals surface area contributed by atoms with E-state index in [1.807, 2.05) is 13.1 Å². The molecular formula is C17H21FN4O2. The number of halogens is 1. The number of rotatable bonds is 4. The van der Waals surface area contributed by atoms with Crippen LogP contribution < -0.4 is 10.1 Å². The molecule has 3 rings (SSSR count). The second-order valence-corrected chi connectivity index (χ2v) is 5.74. The van der Waals surface area contributed by atoms with E-state index in [9.17, 15) is 9.18 Å². The van der Waals surface area contributed by atoms with E-state index >= 15 is 0 Å². The fraction of sp³-hybridized carbons (Fsp3) is 0.412. The number of likely N-dealkylation sites (tertiary alicyclic amines) is 1. The summed E-state index contributed by atoms with van der Waals surface area (Å²) in [6.45, 7) is 3.53. The Morgan fingerprint density at radius 3 is 2.92 bits per heavy atom. The van der Waals surface area contributed by atoms with E-state index in [1.54, 1.807) is 11.1 Å². The molecule has 0 bridgehead atoms. The number of nitrogens with one attached hydrogen (secondary N) is 2. The van der Waals surface area contributed by atoms with Crippen LogP contribution in [0, 0.1) is 5.82 Å². The van der Waals surface area contributed by atoms with Gasteiger partial charge < -0.3 is 19.9 Å². The van der Waals surface area contributed by atoms with Gasteiger partial charge in [-0.05, 0) is 31.9 Å². The Morgan fingerprint density at radius 1 is 1.46 bits per heavy atom. The van der Waals surface area contributed by atoms with Gasteiger partial charge in [-0.3, -0.25) is 0 Å². The third-order valence-electron chi connectivity index (χ3n) is 4.17. The summed E-state index contributed by atoms with van der Waals surface area (Å²) in [6, 6.07) is 3.91. The zero-order valence-corrected chi connectivity index (χ0v) is 13.6. The molecule has 7 heteroatoms. The van der Waals surface area contributed by atoms with Gasteiger partial charge in [-0.1, -0.05) is 0 Å². The van der Waals surface area contributed by atoms with Gasteiger partial charge in [0, 0.05) is 37.5 Å². The number of H-pyrrole nitrogens is 1. The van der Waals surface area contributed by atoms with Crippen LogP contribution >= 0.6 is 0 Å². The molecule has 1 aliphatic rings. The monoisotopic (exact) mass is 332 g/mol. The summed E-state index contributed by atoms with van der Waals surface area (Å²) in [5.41, 5.74) is 0.483. The highest BCUT2D eigenvalue weighted by molar-refractivity contribution is 5.91. The molecule has 1 aliphatic heterocycles. The molecule has 1 saturated heterocycles. The number of benzene rings is 1. The van der Waals surface area contributed by atoms with Crippen molar-refractivity contribution in [2.24, 2.45) is 0 Å². The smallest absolute Gasteiger partial charge is 0.321 e. The Bertz CT molecular complexity index is 682. The Hall–Kier alpha value is -2.57. The minimum absolute atomic E-state index is 0.194. The lowest BCUT2D eigenvalue weighted by molar-refractivity contribution is 0.193. The van der Waals surface area contributed by atoms with Crippen molar-refractivity contribution in [1.82, 2.24) is 14.9 Å². The van der Waals surface area contributed by atoms with Crippen molar-refractivity contribution < 1.29 is 13.9 Å². The maximum atomic E-state index is 13.3. The third-order valence-corrected chi connectivity index (χ3v) is 4.17. The van der Waals surface area contributed by atoms with E-state index in [0.717, 1.165) is 18.7 Å². The number of carbonyl (C=O) groups is 1. The summed E-state index contributed by atoms with van der Waals surface area (Å²) < 4.78 is 18.7. The molecule has 0 aliphatic carbocycles. The van der Waals surface area contributed by atoms with Crippen LogP contribution in [0.2, 0.25) is 0 Å². The standard InChI is InChI=1S/C17H21FN4O2/c1-2-24-15-11-13(18)3-4-14(15)21-17(23)22-9-5-12(6-10-22)16-19-7-8-20-16/h3-4,7-8,11-12H,2,5-6,9-10H2,1H3,(H,19,20)(H,21,23). The average molecular weight is 332 g/mol. The molecule has 2 aromatic rings. The zero-order valence-electron chi connectivity index (χ0n) is 13.6. The summed E-state index contributed by atoms with van der Waals surface area (Å²) in [4.78, 5) is 21.6. The summed E-state index contributed by atoms with van der Waals surface area (Å²) in [5.74, 6) is 1.29. The molecular weight excluding hydrogens is 311 g/mol. The van der Waals surface area contributed by atoms with Gasteiger partial charge >= 0.3 is 6.03 Å². The quantitative estimate of drug-likeness (QED) is 0.902. The van der Waals surface area contributed by atoms with Crippen LogP contribution in [-0.4, -0.2) is 40.6 Å². The number of anilines is 1. The number of hydrogen-bond donors (Lipinski definition) is 2. The average Bonchev–Trinajstić information content (AvgIpc) is 3.12. The van der Waals surface area contributed by atoms with E-state index in [4.69, 9.17) is 4.74 Å². The van der Waals surface area contributed by atoms with E-state index < -0.39 is 5.82 Å². The van der Waals surface area contributed by atoms with Gasteiger partial charge in [0.15, 0.2) is 0 Å². The maximum absolute atomic E-state index is 13.3. The van der Waals surface area contributed by atoms with Crippen molar-refractivity contribution >= 4 is 11.7 Å². The molecule has 1 fully saturated rings. The summed E-state index contributed by atoms with van der Waals surface area (Å²) in [7, 11) is 0. The number of amides is 2. The van der Waals surface area contributed by atoms with Crippen LogP contribution in [0.5, 0.6) is 5.75 Å². The van der Waals surface area contributed by atoms with Gasteiger partial charge in [-0.2, -0.15) is 0 Å². The van der Waals surface area contributed by atoms with E-state index in [2.05, 4.69) is 15.3 Å². The SMILES string of the molecule is CCOc1cc(F)ccc1NC(=O)N1CCC(c2ncc[nH]2)CC1.